The van der Waals surface area contributed by atoms with Crippen molar-refractivity contribution >= 4 is 28.3 Å². The number of carbonyl (C=O) groups is 2. The second-order valence-corrected chi connectivity index (χ2v) is 5.43. The van der Waals surface area contributed by atoms with Gasteiger partial charge in [0.1, 0.15) is 5.01 Å². The highest BCUT2D eigenvalue weighted by molar-refractivity contribution is 7.15. The van der Waals surface area contributed by atoms with Crippen molar-refractivity contribution in [3.8, 4) is 0 Å². The normalized spacial score (nSPS) is 19.5. The number of hydrogen-bond donors (Lipinski definition) is 1. The van der Waals surface area contributed by atoms with Crippen LogP contribution in [0.5, 0.6) is 0 Å². The molecule has 1 aliphatic heterocycles. The van der Waals surface area contributed by atoms with Crippen LogP contribution in [0.2, 0.25) is 0 Å². The third-order valence-electron chi connectivity index (χ3n) is 2.96. The lowest BCUT2D eigenvalue weighted by molar-refractivity contribution is -0.123. The number of unbranched alkanes of at least 4 members (excludes halogenated alkanes) is 1. The van der Waals surface area contributed by atoms with Gasteiger partial charge in [-0.15, -0.1) is 10.2 Å². The number of nitrogens with two attached hydrogens (primary N) is 1. The summed E-state index contributed by atoms with van der Waals surface area (Å²) >= 11 is 1.42. The van der Waals surface area contributed by atoms with Crippen molar-refractivity contribution in [2.75, 3.05) is 11.4 Å². The number of amides is 2. The number of nitrogens with zero attached hydrogens (tertiary/aromatic N) is 3. The number of rotatable bonds is 5. The van der Waals surface area contributed by atoms with Crippen molar-refractivity contribution in [1.82, 2.24) is 10.2 Å². The average molecular weight is 268 g/mol. The first-order valence-corrected chi connectivity index (χ1v) is 6.85. The van der Waals surface area contributed by atoms with Gasteiger partial charge in [-0.25, -0.2) is 0 Å². The summed E-state index contributed by atoms with van der Waals surface area (Å²) in [6.45, 7) is 2.44. The minimum atomic E-state index is -0.429. The molecule has 18 heavy (non-hydrogen) atoms. The van der Waals surface area contributed by atoms with E-state index in [1.807, 2.05) is 0 Å². The van der Waals surface area contributed by atoms with Crippen LogP contribution < -0.4 is 10.6 Å². The Hall–Kier alpha value is -1.50. The molecule has 2 N–H and O–H groups in total. The minimum Gasteiger partial charge on any atom is -0.369 e. The number of aromatic nitrogens is 2. The van der Waals surface area contributed by atoms with Crippen LogP contribution in [-0.4, -0.2) is 28.6 Å². The van der Waals surface area contributed by atoms with Gasteiger partial charge in [0, 0.05) is 19.4 Å². The molecular formula is C11H16N4O2S. The minimum absolute atomic E-state index is 0.100. The number of carbonyl (C=O) groups excluding carboxylic acids is 2. The second kappa shape index (κ2) is 5.43. The monoisotopic (exact) mass is 268 g/mol. The van der Waals surface area contributed by atoms with Gasteiger partial charge in [0.25, 0.3) is 0 Å². The second-order valence-electron chi connectivity index (χ2n) is 4.39. The van der Waals surface area contributed by atoms with Crippen molar-refractivity contribution in [2.24, 2.45) is 11.7 Å². The number of anilines is 1. The molecule has 98 valence electrons. The van der Waals surface area contributed by atoms with E-state index in [2.05, 4.69) is 17.1 Å². The first kappa shape index (κ1) is 12.9. The van der Waals surface area contributed by atoms with Crippen molar-refractivity contribution in [3.63, 3.8) is 0 Å². The molecule has 1 unspecified atom stereocenters. The van der Waals surface area contributed by atoms with E-state index < -0.39 is 11.8 Å². The van der Waals surface area contributed by atoms with Gasteiger partial charge in [-0.1, -0.05) is 24.7 Å². The van der Waals surface area contributed by atoms with Gasteiger partial charge in [0.05, 0.1) is 5.92 Å². The number of primary amides is 1. The molecule has 1 saturated heterocycles. The van der Waals surface area contributed by atoms with E-state index in [-0.39, 0.29) is 12.3 Å². The maximum absolute atomic E-state index is 11.8. The Labute approximate surface area is 109 Å². The van der Waals surface area contributed by atoms with Crippen molar-refractivity contribution in [2.45, 2.75) is 32.6 Å². The fourth-order valence-electron chi connectivity index (χ4n) is 1.87. The molecule has 0 aromatic carbocycles. The van der Waals surface area contributed by atoms with Crippen LogP contribution in [0.15, 0.2) is 0 Å². The molecule has 1 fully saturated rings. The largest absolute Gasteiger partial charge is 0.369 e. The molecule has 2 rings (SSSR count). The highest BCUT2D eigenvalue weighted by atomic mass is 32.1. The smallest absolute Gasteiger partial charge is 0.229 e. The van der Waals surface area contributed by atoms with Crippen molar-refractivity contribution < 1.29 is 9.59 Å². The molecule has 0 bridgehead atoms. The first-order valence-electron chi connectivity index (χ1n) is 6.04. The van der Waals surface area contributed by atoms with Gasteiger partial charge in [-0.2, -0.15) is 0 Å². The number of hydrogen-bond acceptors (Lipinski definition) is 5. The number of aryl methyl sites for hydroxylation is 1. The van der Waals surface area contributed by atoms with Crippen LogP contribution in [-0.2, 0) is 16.0 Å². The molecule has 6 nitrogen and oxygen atoms in total. The Morgan fingerprint density at radius 1 is 1.56 bits per heavy atom. The van der Waals surface area contributed by atoms with E-state index in [0.717, 1.165) is 24.3 Å². The summed E-state index contributed by atoms with van der Waals surface area (Å²) in [6, 6.07) is 0. The van der Waals surface area contributed by atoms with E-state index in [1.54, 1.807) is 0 Å². The van der Waals surface area contributed by atoms with Crippen molar-refractivity contribution in [1.29, 1.82) is 0 Å². The SMILES string of the molecule is CCCCc1nnc(N2CC(C(N)=O)CC2=O)s1. The molecule has 0 saturated carbocycles. The van der Waals surface area contributed by atoms with Crippen LogP contribution >= 0.6 is 11.3 Å². The summed E-state index contributed by atoms with van der Waals surface area (Å²) < 4.78 is 0. The maximum atomic E-state index is 11.8. The first-order chi connectivity index (χ1) is 8.61. The summed E-state index contributed by atoms with van der Waals surface area (Å²) in [4.78, 5) is 24.4. The van der Waals surface area contributed by atoms with Crippen LogP contribution in [0, 0.1) is 5.92 Å². The Morgan fingerprint density at radius 2 is 2.33 bits per heavy atom. The van der Waals surface area contributed by atoms with E-state index in [9.17, 15) is 9.59 Å². The van der Waals surface area contributed by atoms with Gasteiger partial charge >= 0.3 is 0 Å². The molecular weight excluding hydrogens is 252 g/mol. The molecule has 2 amide bonds. The lowest BCUT2D eigenvalue weighted by Gasteiger charge is -2.10. The lowest BCUT2D eigenvalue weighted by Crippen LogP contribution is -2.28. The summed E-state index contributed by atoms with van der Waals surface area (Å²) in [5, 5.41) is 9.59. The van der Waals surface area contributed by atoms with Gasteiger partial charge in [0.15, 0.2) is 0 Å². The summed E-state index contributed by atoms with van der Waals surface area (Å²) in [6.07, 6.45) is 3.22. The molecule has 7 heteroatoms. The molecule has 1 atom stereocenters. The molecule has 0 aliphatic carbocycles. The molecule has 1 aromatic rings. The fourth-order valence-corrected chi connectivity index (χ4v) is 2.77. The zero-order valence-corrected chi connectivity index (χ0v) is 11.1. The highest BCUT2D eigenvalue weighted by Gasteiger charge is 2.35. The van der Waals surface area contributed by atoms with E-state index >= 15 is 0 Å². The van der Waals surface area contributed by atoms with Crippen LogP contribution in [0.25, 0.3) is 0 Å². The van der Waals surface area contributed by atoms with Gasteiger partial charge in [-0.3, -0.25) is 14.5 Å². The third kappa shape index (κ3) is 2.66. The Balaban J connectivity index is 2.05. The van der Waals surface area contributed by atoms with Crippen LogP contribution in [0.4, 0.5) is 5.13 Å². The topological polar surface area (TPSA) is 89.2 Å². The zero-order valence-electron chi connectivity index (χ0n) is 10.3. The Bertz CT molecular complexity index is 460. The predicted molar refractivity (Wildman–Crippen MR) is 68.2 cm³/mol. The van der Waals surface area contributed by atoms with Gasteiger partial charge < -0.3 is 5.73 Å². The molecule has 1 aliphatic rings. The van der Waals surface area contributed by atoms with Gasteiger partial charge in [-0.05, 0) is 6.42 Å². The van der Waals surface area contributed by atoms with Gasteiger partial charge in [0.2, 0.25) is 16.9 Å². The maximum Gasteiger partial charge on any atom is 0.229 e. The van der Waals surface area contributed by atoms with E-state index in [1.165, 1.54) is 16.2 Å². The Kier molecular flexibility index (Phi) is 3.90. The standard InChI is InChI=1S/C11H16N4O2S/c1-2-3-4-8-13-14-11(18-8)15-6-7(10(12)17)5-9(15)16/h7H,2-6H2,1H3,(H2,12,17). The summed E-state index contributed by atoms with van der Waals surface area (Å²) in [5.74, 6) is -0.931. The average Bonchev–Trinajstić information content (AvgIpc) is 2.92. The van der Waals surface area contributed by atoms with E-state index in [0.29, 0.717) is 11.7 Å². The molecule has 2 heterocycles. The highest BCUT2D eigenvalue weighted by Crippen LogP contribution is 2.28. The van der Waals surface area contributed by atoms with Crippen molar-refractivity contribution in [3.05, 3.63) is 5.01 Å². The van der Waals surface area contributed by atoms with E-state index in [4.69, 9.17) is 5.73 Å². The summed E-state index contributed by atoms with van der Waals surface area (Å²) in [5.41, 5.74) is 5.22. The Morgan fingerprint density at radius 3 is 2.94 bits per heavy atom. The zero-order chi connectivity index (χ0) is 13.1. The van der Waals surface area contributed by atoms with Crippen LogP contribution in [0.3, 0.4) is 0 Å². The quantitative estimate of drug-likeness (QED) is 0.852. The summed E-state index contributed by atoms with van der Waals surface area (Å²) in [7, 11) is 0. The fraction of sp³-hybridized carbons (Fsp3) is 0.636. The molecule has 0 spiro atoms. The third-order valence-corrected chi connectivity index (χ3v) is 3.96. The lowest BCUT2D eigenvalue weighted by atomic mass is 10.1. The molecule has 1 aromatic heterocycles. The molecule has 0 radical (unpaired) electrons. The predicted octanol–water partition coefficient (Wildman–Crippen LogP) is 0.719. The van der Waals surface area contributed by atoms with Crippen LogP contribution in [0.1, 0.15) is 31.2 Å².